The molecule has 21 heavy (non-hydrogen) atoms. The Balaban J connectivity index is 2.31. The zero-order valence-corrected chi connectivity index (χ0v) is 12.6. The number of anilines is 1. The molecule has 0 spiro atoms. The molecule has 0 radical (unpaired) electrons. The predicted octanol–water partition coefficient (Wildman–Crippen LogP) is 2.16. The number of hydrogen-bond donors (Lipinski definition) is 2. The van der Waals surface area contributed by atoms with E-state index < -0.39 is 10.0 Å². The minimum Gasteiger partial charge on any atom is -0.355 e. The largest absolute Gasteiger partial charge is 0.355 e. The fraction of sp³-hybridized carbons (Fsp3) is 0.133. The van der Waals surface area contributed by atoms with Gasteiger partial charge in [-0.25, -0.2) is 8.42 Å². The summed E-state index contributed by atoms with van der Waals surface area (Å²) in [6.45, 7) is 1.92. The Kier molecular flexibility index (Phi) is 4.28. The third kappa shape index (κ3) is 3.61. The van der Waals surface area contributed by atoms with Gasteiger partial charge in [0, 0.05) is 18.3 Å². The van der Waals surface area contributed by atoms with Crippen LogP contribution in [0.1, 0.15) is 15.9 Å². The van der Waals surface area contributed by atoms with Crippen LogP contribution >= 0.6 is 0 Å². The molecule has 0 aliphatic rings. The van der Waals surface area contributed by atoms with Crippen molar-refractivity contribution < 1.29 is 13.2 Å². The van der Waals surface area contributed by atoms with E-state index in [-0.39, 0.29) is 10.8 Å². The number of benzene rings is 2. The summed E-state index contributed by atoms with van der Waals surface area (Å²) in [6.07, 6.45) is 0. The summed E-state index contributed by atoms with van der Waals surface area (Å²) in [5.74, 6) is -0.331. The van der Waals surface area contributed by atoms with Gasteiger partial charge >= 0.3 is 0 Å². The van der Waals surface area contributed by atoms with Gasteiger partial charge in [0.25, 0.3) is 15.9 Å². The lowest BCUT2D eigenvalue weighted by molar-refractivity contribution is 0.0963. The Hall–Kier alpha value is -2.34. The highest BCUT2D eigenvalue weighted by Gasteiger charge is 2.16. The highest BCUT2D eigenvalue weighted by Crippen LogP contribution is 2.17. The molecule has 0 heterocycles. The van der Waals surface area contributed by atoms with E-state index >= 15 is 0 Å². The van der Waals surface area contributed by atoms with E-state index in [9.17, 15) is 13.2 Å². The van der Waals surface area contributed by atoms with Gasteiger partial charge in [-0.1, -0.05) is 23.8 Å². The Morgan fingerprint density at radius 2 is 1.71 bits per heavy atom. The van der Waals surface area contributed by atoms with Crippen LogP contribution in [0, 0.1) is 6.92 Å². The zero-order chi connectivity index (χ0) is 15.5. The first-order chi connectivity index (χ1) is 9.92. The molecule has 1 amide bonds. The van der Waals surface area contributed by atoms with Crippen molar-refractivity contribution in [2.75, 3.05) is 11.8 Å². The number of carbonyl (C=O) groups is 1. The third-order valence-electron chi connectivity index (χ3n) is 2.94. The van der Waals surface area contributed by atoms with Gasteiger partial charge in [0.2, 0.25) is 0 Å². The summed E-state index contributed by atoms with van der Waals surface area (Å²) < 4.78 is 27.1. The first-order valence-corrected chi connectivity index (χ1v) is 7.82. The van der Waals surface area contributed by atoms with E-state index in [1.165, 1.54) is 25.2 Å². The summed E-state index contributed by atoms with van der Waals surface area (Å²) in [7, 11) is -2.23. The number of sulfonamides is 1. The summed E-state index contributed by atoms with van der Waals surface area (Å²) in [4.78, 5) is 11.6. The van der Waals surface area contributed by atoms with Crippen LogP contribution in [-0.2, 0) is 10.0 Å². The molecule has 0 aliphatic carbocycles. The van der Waals surface area contributed by atoms with E-state index in [0.717, 1.165) is 5.56 Å². The van der Waals surface area contributed by atoms with Crippen molar-refractivity contribution >= 4 is 21.6 Å². The maximum absolute atomic E-state index is 12.3. The van der Waals surface area contributed by atoms with Gasteiger partial charge in [-0.3, -0.25) is 9.52 Å². The minimum atomic E-state index is -3.72. The van der Waals surface area contributed by atoms with Crippen molar-refractivity contribution in [2.24, 2.45) is 0 Å². The molecule has 2 rings (SSSR count). The lowest BCUT2D eigenvalue weighted by Gasteiger charge is -2.09. The third-order valence-corrected chi connectivity index (χ3v) is 4.32. The molecule has 0 aliphatic heterocycles. The van der Waals surface area contributed by atoms with Gasteiger partial charge < -0.3 is 5.32 Å². The number of aryl methyl sites for hydroxylation is 1. The zero-order valence-electron chi connectivity index (χ0n) is 11.8. The standard InChI is InChI=1S/C15H16N2O3S/c1-11-6-8-13(9-7-11)17-21(19,20)14-5-3-4-12(10-14)15(18)16-2/h3-10,17H,1-2H3,(H,16,18). The van der Waals surface area contributed by atoms with Crippen molar-refractivity contribution in [3.63, 3.8) is 0 Å². The smallest absolute Gasteiger partial charge is 0.261 e. The average Bonchev–Trinajstić information content (AvgIpc) is 2.49. The SMILES string of the molecule is CNC(=O)c1cccc(S(=O)(=O)Nc2ccc(C)cc2)c1. The molecule has 0 atom stereocenters. The second kappa shape index (κ2) is 5.97. The molecule has 2 aromatic rings. The predicted molar refractivity (Wildman–Crippen MR) is 81.8 cm³/mol. The molecule has 2 aromatic carbocycles. The molecule has 2 N–H and O–H groups in total. The quantitative estimate of drug-likeness (QED) is 0.909. The fourth-order valence-electron chi connectivity index (χ4n) is 1.78. The highest BCUT2D eigenvalue weighted by molar-refractivity contribution is 7.92. The van der Waals surface area contributed by atoms with Gasteiger partial charge in [0.1, 0.15) is 0 Å². The Morgan fingerprint density at radius 1 is 1.05 bits per heavy atom. The molecule has 0 aromatic heterocycles. The van der Waals surface area contributed by atoms with Crippen LogP contribution in [0.4, 0.5) is 5.69 Å². The fourth-order valence-corrected chi connectivity index (χ4v) is 2.89. The highest BCUT2D eigenvalue weighted by atomic mass is 32.2. The molecular formula is C15H16N2O3S. The number of rotatable bonds is 4. The molecule has 110 valence electrons. The van der Waals surface area contributed by atoms with E-state index in [4.69, 9.17) is 0 Å². The van der Waals surface area contributed by atoms with Crippen LogP contribution in [0.3, 0.4) is 0 Å². The maximum atomic E-state index is 12.3. The summed E-state index contributed by atoms with van der Waals surface area (Å²) in [6, 6.07) is 12.9. The van der Waals surface area contributed by atoms with E-state index in [0.29, 0.717) is 11.3 Å². The van der Waals surface area contributed by atoms with Crippen molar-refractivity contribution in [3.8, 4) is 0 Å². The number of nitrogens with one attached hydrogen (secondary N) is 2. The van der Waals surface area contributed by atoms with Crippen LogP contribution in [-0.4, -0.2) is 21.4 Å². The molecule has 0 saturated heterocycles. The molecule has 0 saturated carbocycles. The van der Waals surface area contributed by atoms with Crippen LogP contribution in [0.25, 0.3) is 0 Å². The van der Waals surface area contributed by atoms with Crippen molar-refractivity contribution in [3.05, 3.63) is 59.7 Å². The topological polar surface area (TPSA) is 75.3 Å². The molecule has 5 nitrogen and oxygen atoms in total. The Labute approximate surface area is 124 Å². The van der Waals surface area contributed by atoms with Crippen LogP contribution in [0.5, 0.6) is 0 Å². The molecule has 6 heteroatoms. The minimum absolute atomic E-state index is 0.0455. The molecule has 0 unspecified atom stereocenters. The molecule has 0 fully saturated rings. The van der Waals surface area contributed by atoms with Gasteiger partial charge in [-0.05, 0) is 37.3 Å². The summed E-state index contributed by atoms with van der Waals surface area (Å²) in [5, 5.41) is 2.46. The van der Waals surface area contributed by atoms with E-state index in [1.54, 1.807) is 18.2 Å². The van der Waals surface area contributed by atoms with Gasteiger partial charge in [0.15, 0.2) is 0 Å². The normalized spacial score (nSPS) is 11.0. The first-order valence-electron chi connectivity index (χ1n) is 6.34. The van der Waals surface area contributed by atoms with Crippen LogP contribution in [0.2, 0.25) is 0 Å². The van der Waals surface area contributed by atoms with Crippen molar-refractivity contribution in [2.45, 2.75) is 11.8 Å². The van der Waals surface area contributed by atoms with Gasteiger partial charge in [-0.15, -0.1) is 0 Å². The van der Waals surface area contributed by atoms with Gasteiger partial charge in [-0.2, -0.15) is 0 Å². The van der Waals surface area contributed by atoms with Crippen LogP contribution < -0.4 is 10.0 Å². The molecule has 0 bridgehead atoms. The number of hydrogen-bond acceptors (Lipinski definition) is 3. The summed E-state index contributed by atoms with van der Waals surface area (Å²) in [5.41, 5.74) is 1.81. The lowest BCUT2D eigenvalue weighted by Crippen LogP contribution is -2.19. The maximum Gasteiger partial charge on any atom is 0.261 e. The van der Waals surface area contributed by atoms with E-state index in [2.05, 4.69) is 10.0 Å². The summed E-state index contributed by atoms with van der Waals surface area (Å²) >= 11 is 0. The number of amides is 1. The second-order valence-corrected chi connectivity index (χ2v) is 6.26. The first kappa shape index (κ1) is 15.1. The van der Waals surface area contributed by atoms with Gasteiger partial charge in [0.05, 0.1) is 4.90 Å². The molecular weight excluding hydrogens is 288 g/mol. The Bertz CT molecular complexity index is 753. The monoisotopic (exact) mass is 304 g/mol. The van der Waals surface area contributed by atoms with E-state index in [1.807, 2.05) is 19.1 Å². The average molecular weight is 304 g/mol. The lowest BCUT2D eigenvalue weighted by atomic mass is 10.2. The van der Waals surface area contributed by atoms with Crippen LogP contribution in [0.15, 0.2) is 53.4 Å². The van der Waals surface area contributed by atoms with Crippen molar-refractivity contribution in [1.29, 1.82) is 0 Å². The second-order valence-electron chi connectivity index (χ2n) is 4.58. The van der Waals surface area contributed by atoms with Crippen molar-refractivity contribution in [1.82, 2.24) is 5.32 Å². The Morgan fingerprint density at radius 3 is 2.33 bits per heavy atom. The number of carbonyl (C=O) groups excluding carboxylic acids is 1.